The average Bonchev–Trinajstić information content (AvgIpc) is 0.667. The Balaban J connectivity index is 0.0000124. The van der Waals surface area contributed by atoms with Crippen LogP contribution in [0.5, 0.6) is 0 Å². The molecule has 7 rings (SSSR count). The molecule has 0 spiro atoms. The van der Waals surface area contributed by atoms with Gasteiger partial charge in [-0.3, -0.25) is 47.9 Å². The molecule has 1 saturated heterocycles. The van der Waals surface area contributed by atoms with Gasteiger partial charge in [0.05, 0.1) is 65.6 Å². The van der Waals surface area contributed by atoms with Crippen LogP contribution in [0.4, 0.5) is 0 Å². The van der Waals surface area contributed by atoms with Gasteiger partial charge >= 0.3 is 207 Å². The first kappa shape index (κ1) is 114. The first-order valence-corrected chi connectivity index (χ1v) is 37.3. The van der Waals surface area contributed by atoms with Crippen molar-refractivity contribution < 1.29 is 333 Å². The van der Waals surface area contributed by atoms with Crippen LogP contribution >= 0.6 is 0 Å². The number of ether oxygens (including phenoxy) is 6. The molecule has 17 atom stereocenters. The number of carbonyl (C=O) groups excluding carboxylic acids is 18. The van der Waals surface area contributed by atoms with Gasteiger partial charge in [-0.05, 0) is 106 Å². The second-order valence-corrected chi connectivity index (χ2v) is 30.1. The molecule has 6 N–H and O–H groups in total. The maximum atomic E-state index is 16.0. The maximum Gasteiger partial charge on any atom is 1.00 e. The van der Waals surface area contributed by atoms with Crippen LogP contribution < -0.4 is 229 Å². The predicted octanol–water partition coefficient (Wildman–Crippen LogP) is -22.3. The van der Waals surface area contributed by atoms with E-state index in [0.29, 0.717) is 0 Å². The average molecular weight is 1760 g/mol. The number of esters is 5. The van der Waals surface area contributed by atoms with Gasteiger partial charge in [0, 0.05) is 112 Å². The zero-order valence-electron chi connectivity index (χ0n) is 70.4. The Morgan fingerprint density at radius 2 is 1.01 bits per heavy atom. The number of aliphatic hydroxyl groups is 2. The number of carbonyl (C=O) groups is 18. The number of hydrogen-bond acceptors (Lipinski definition) is 32. The molecule has 0 aromatic heterocycles. The van der Waals surface area contributed by atoms with Crippen molar-refractivity contribution in [2.75, 3.05) is 6.61 Å². The minimum absolute atomic E-state index is 0. The van der Waals surface area contributed by atoms with Gasteiger partial charge in [-0.1, -0.05) is 87.5 Å². The molecule has 4 aliphatic rings. The van der Waals surface area contributed by atoms with E-state index in [1.54, 1.807) is 18.2 Å². The SMILES string of the molecule is CC(=O)O[C@H]1C(=O)[C@@]2(C)[C@H]([C@H](OC(=O)c3ccccc3)[C@]3(O)C[C@H](OC(=O)[C@H](OC(=O)CCC(NC(=O)CCC(CC(=O)C(CCC(=O)NC(CCC(=O)[O-])C(=O)[O-])CC(=O)C(C)CCC(=O)NC(CCC(=O)[O-])C(=O)[O-])C(=O)[O-])C(=O)[O-])[C@@H](NC(=O)c4ccccc4)c4ccccc4)C(C)=C1C3(C)C)[C@]1(OC(C)=O)CO[C@@H]1C[C@@H]2O.[Na+].[Na+].[Na+].[Na+].[Na+].[Na+]. The second kappa shape index (κ2) is 51.4. The van der Waals surface area contributed by atoms with Crippen LogP contribution in [0.2, 0.25) is 0 Å². The van der Waals surface area contributed by atoms with Crippen LogP contribution in [-0.2, 0) is 105 Å². The number of rotatable bonds is 42. The first-order valence-electron chi connectivity index (χ1n) is 37.3. The molecule has 4 amide bonds. The minimum Gasteiger partial charge on any atom is -0.550 e. The number of carboxylic acid groups (broad SMARTS) is 6. The molecular formula is C80H90N4Na6O32. The minimum atomic E-state index is -2.70. The van der Waals surface area contributed by atoms with Crippen LogP contribution in [-0.4, -0.2) is 189 Å². The van der Waals surface area contributed by atoms with Crippen LogP contribution in [0.1, 0.15) is 184 Å². The van der Waals surface area contributed by atoms with Gasteiger partial charge in [-0.2, -0.15) is 0 Å². The zero-order valence-corrected chi connectivity index (χ0v) is 82.4. The fourth-order valence-electron chi connectivity index (χ4n) is 15.5. The van der Waals surface area contributed by atoms with E-state index in [4.69, 9.17) is 28.4 Å². The molecule has 42 heteroatoms. The Bertz CT molecular complexity index is 4310. The molecule has 0 radical (unpaired) electrons. The molecule has 3 aliphatic carbocycles. The molecule has 3 fully saturated rings. The van der Waals surface area contributed by atoms with Gasteiger partial charge in [-0.15, -0.1) is 0 Å². The Labute approximate surface area is 834 Å². The van der Waals surface area contributed by atoms with Crippen molar-refractivity contribution in [3.8, 4) is 0 Å². The maximum absolute atomic E-state index is 16.0. The predicted molar refractivity (Wildman–Crippen MR) is 378 cm³/mol. The van der Waals surface area contributed by atoms with Crippen LogP contribution in [0.15, 0.2) is 102 Å². The van der Waals surface area contributed by atoms with Crippen molar-refractivity contribution in [1.29, 1.82) is 0 Å². The zero-order chi connectivity index (χ0) is 86.1. The van der Waals surface area contributed by atoms with E-state index in [1.165, 1.54) is 107 Å². The quantitative estimate of drug-likeness (QED) is 0.0133. The van der Waals surface area contributed by atoms with Gasteiger partial charge in [0.1, 0.15) is 41.5 Å². The van der Waals surface area contributed by atoms with Crippen molar-refractivity contribution in [2.24, 2.45) is 34.5 Å². The number of ketones is 3. The summed E-state index contributed by atoms with van der Waals surface area (Å²) in [4.78, 5) is 240. The summed E-state index contributed by atoms with van der Waals surface area (Å²) in [6.07, 6.45) is -23.2. The normalized spacial score (nSPS) is 22.5. The third kappa shape index (κ3) is 29.4. The largest absolute Gasteiger partial charge is 1.00 e. The molecule has 1 aliphatic heterocycles. The van der Waals surface area contributed by atoms with E-state index in [0.717, 1.165) is 13.8 Å². The third-order valence-electron chi connectivity index (χ3n) is 22.0. The van der Waals surface area contributed by atoms with Crippen LogP contribution in [0.3, 0.4) is 0 Å². The summed E-state index contributed by atoms with van der Waals surface area (Å²) in [5.41, 5.74) is -9.24. The standard InChI is InChI=1S/C80H96N4O32.6Na/c1-40(23-29-57(90)81-49(72(102)103)26-32-60(93)94)52(87)35-47(24-30-58(91)82-50(73(104)105)27-33-61(95)96)53(88)36-48(71(100)101)25-31-59(92)83-51(74(106)107)28-34-62(97)114-66(64(44-17-11-8-12-18-44)84-70(99)45-19-13-9-14-20-45)76(109)113-54-38-80(110)69(115-75(108)46-21-15-10-16-22-46)67-78(7,55(89)37-56-79(67,39-111-56)116-43(4)86)68(98)65(112-42(3)85)63(41(54)2)77(80,5)6;;;;;;/h8-22,40,47-51,54-56,64-67,69,89,110H,23-39H2,1-7H3,(H,81,90)(H,82,91)(H,83,92)(H,84,99)(H,93,94)(H,95,96)(H,100,101)(H,102,103)(H,104,105)(H,106,107);;;;;;/q;6*+1/p-6/t40?,47?,48?,49?,50?,51?,54-,55-,56+,64-,65+,66+,67-,69-,78+,79-,80+;;;;;;/m0....../s1. The summed E-state index contributed by atoms with van der Waals surface area (Å²) in [5, 5.41) is 106. The monoisotopic (exact) mass is 1760 g/mol. The fourth-order valence-corrected chi connectivity index (χ4v) is 15.5. The number of aliphatic carboxylic acids is 6. The molecule has 2 saturated carbocycles. The Morgan fingerprint density at radius 1 is 0.549 bits per heavy atom. The smallest absolute Gasteiger partial charge is 0.550 e. The molecular weight excluding hydrogens is 1670 g/mol. The molecule has 628 valence electrons. The van der Waals surface area contributed by atoms with Crippen molar-refractivity contribution in [1.82, 2.24) is 21.3 Å². The van der Waals surface area contributed by atoms with E-state index >= 15 is 9.59 Å². The van der Waals surface area contributed by atoms with E-state index in [-0.39, 0.29) is 218 Å². The summed E-state index contributed by atoms with van der Waals surface area (Å²) in [6.45, 7) is 8.31. The Hall–Kier alpha value is -5.66. The van der Waals surface area contributed by atoms with Gasteiger partial charge in [0.15, 0.2) is 17.5 Å². The molecule has 36 nitrogen and oxygen atoms in total. The molecule has 3 aromatic carbocycles. The molecule has 1 heterocycles. The molecule has 3 aromatic rings. The summed E-state index contributed by atoms with van der Waals surface area (Å²) in [7, 11) is 0. The number of fused-ring (bicyclic) bond motifs is 5. The summed E-state index contributed by atoms with van der Waals surface area (Å²) >= 11 is 0. The summed E-state index contributed by atoms with van der Waals surface area (Å²) in [5.74, 6) is -30.6. The van der Waals surface area contributed by atoms with Crippen LogP contribution in [0.25, 0.3) is 0 Å². The van der Waals surface area contributed by atoms with E-state index in [9.17, 15) is 118 Å². The first-order chi connectivity index (χ1) is 54.5. The summed E-state index contributed by atoms with van der Waals surface area (Å²) in [6, 6.07) is 14.5. The molecule has 6 unspecified atom stereocenters. The fraction of sp³-hybridized carbons (Fsp3) is 0.525. The van der Waals surface area contributed by atoms with Crippen molar-refractivity contribution in [3.63, 3.8) is 0 Å². The number of Topliss-reactive ketones (excluding diaryl/α,β-unsaturated/α-hetero) is 3. The Morgan fingerprint density at radius 3 is 1.46 bits per heavy atom. The van der Waals surface area contributed by atoms with E-state index in [1.807, 2.05) is 5.32 Å². The van der Waals surface area contributed by atoms with Crippen molar-refractivity contribution in [3.05, 3.63) is 119 Å². The van der Waals surface area contributed by atoms with Gasteiger partial charge < -0.3 is 119 Å². The number of nitrogens with one attached hydrogen (secondary N) is 4. The van der Waals surface area contributed by atoms with E-state index < -0.39 is 310 Å². The molecule has 2 bridgehead atoms. The number of aliphatic hydroxyl groups excluding tert-OH is 1. The van der Waals surface area contributed by atoms with Crippen molar-refractivity contribution in [2.45, 2.75) is 223 Å². The summed E-state index contributed by atoms with van der Waals surface area (Å²) < 4.78 is 36.7. The number of carboxylic acids is 6. The van der Waals surface area contributed by atoms with Gasteiger partial charge in [-0.25, -0.2) is 9.59 Å². The number of benzene rings is 3. The van der Waals surface area contributed by atoms with Gasteiger partial charge in [0.25, 0.3) is 5.91 Å². The third-order valence-corrected chi connectivity index (χ3v) is 22.0. The Kier molecular flexibility index (Phi) is 48.1. The second-order valence-electron chi connectivity index (χ2n) is 30.1. The number of hydrogen-bond donors (Lipinski definition) is 6. The van der Waals surface area contributed by atoms with Crippen molar-refractivity contribution >= 4 is 107 Å². The molecule has 122 heavy (non-hydrogen) atoms. The topological polar surface area (TPSA) is 590 Å². The van der Waals surface area contributed by atoms with E-state index in [2.05, 4.69) is 16.0 Å². The van der Waals surface area contributed by atoms with Gasteiger partial charge in [0.2, 0.25) is 23.8 Å². The van der Waals surface area contributed by atoms with Crippen LogP contribution in [0, 0.1) is 34.5 Å². The number of amides is 4.